The van der Waals surface area contributed by atoms with E-state index in [-0.39, 0.29) is 0 Å². The summed E-state index contributed by atoms with van der Waals surface area (Å²) < 4.78 is 31.9. The molecule has 2 heterocycles. The van der Waals surface area contributed by atoms with Crippen LogP contribution in [0.1, 0.15) is 0 Å². The Morgan fingerprint density at radius 1 is 1.04 bits per heavy atom. The molecule has 7 heteroatoms. The highest BCUT2D eigenvalue weighted by atomic mass is 19.1. The van der Waals surface area contributed by atoms with E-state index in [4.69, 9.17) is 4.74 Å². The van der Waals surface area contributed by atoms with Crippen molar-refractivity contribution in [2.75, 3.05) is 36.5 Å². The van der Waals surface area contributed by atoms with Crippen molar-refractivity contribution >= 4 is 28.4 Å². The second-order valence-corrected chi connectivity index (χ2v) is 5.67. The molecule has 0 radical (unpaired) electrons. The third-order valence-electron chi connectivity index (χ3n) is 3.97. The van der Waals surface area contributed by atoms with Crippen molar-refractivity contribution in [3.8, 4) is 0 Å². The van der Waals surface area contributed by atoms with E-state index < -0.39 is 11.6 Å². The molecule has 24 heavy (non-hydrogen) atoms. The Bertz CT molecular complexity index is 854. The molecule has 2 aromatic carbocycles. The van der Waals surface area contributed by atoms with Gasteiger partial charge >= 0.3 is 0 Å². The molecule has 0 saturated carbocycles. The van der Waals surface area contributed by atoms with Crippen LogP contribution in [0, 0.1) is 11.6 Å². The zero-order chi connectivity index (χ0) is 16.5. The molecule has 1 fully saturated rings. The molecule has 1 saturated heterocycles. The monoisotopic (exact) mass is 330 g/mol. The summed E-state index contributed by atoms with van der Waals surface area (Å²) in [5.74, 6) is -0.833. The van der Waals surface area contributed by atoms with Crippen LogP contribution in [0.15, 0.2) is 36.4 Å². The van der Waals surface area contributed by atoms with Gasteiger partial charge in [-0.05, 0) is 30.3 Å². The maximum atomic E-state index is 13.3. The zero-order valence-corrected chi connectivity index (χ0v) is 12.9. The first-order chi connectivity index (χ1) is 11.7. The molecule has 0 spiro atoms. The number of aromatic amines is 1. The van der Waals surface area contributed by atoms with Crippen molar-refractivity contribution in [2.24, 2.45) is 0 Å². The minimum absolute atomic E-state index is 0.306. The Morgan fingerprint density at radius 2 is 1.79 bits per heavy atom. The summed E-state index contributed by atoms with van der Waals surface area (Å²) in [6.45, 7) is 3.15. The predicted molar refractivity (Wildman–Crippen MR) is 88.8 cm³/mol. The number of aromatic nitrogens is 2. The van der Waals surface area contributed by atoms with Crippen LogP contribution in [0.5, 0.6) is 0 Å². The van der Waals surface area contributed by atoms with Crippen LogP contribution in [0.25, 0.3) is 11.0 Å². The van der Waals surface area contributed by atoms with Gasteiger partial charge in [0.2, 0.25) is 5.95 Å². The summed E-state index contributed by atoms with van der Waals surface area (Å²) in [4.78, 5) is 9.79. The van der Waals surface area contributed by atoms with E-state index in [1.165, 1.54) is 12.1 Å². The average Bonchev–Trinajstić information content (AvgIpc) is 2.96. The molecule has 0 amide bonds. The van der Waals surface area contributed by atoms with Crippen LogP contribution in [0.2, 0.25) is 0 Å². The Kier molecular flexibility index (Phi) is 3.78. The average molecular weight is 330 g/mol. The maximum Gasteiger partial charge on any atom is 0.205 e. The molecule has 1 aliphatic rings. The Morgan fingerprint density at radius 3 is 2.54 bits per heavy atom. The van der Waals surface area contributed by atoms with Gasteiger partial charge in [-0.1, -0.05) is 0 Å². The van der Waals surface area contributed by atoms with Crippen LogP contribution >= 0.6 is 0 Å². The van der Waals surface area contributed by atoms with Gasteiger partial charge in [0, 0.05) is 30.5 Å². The first-order valence-corrected chi connectivity index (χ1v) is 7.73. The highest BCUT2D eigenvalue weighted by Gasteiger charge is 2.13. The molecule has 1 aliphatic heterocycles. The van der Waals surface area contributed by atoms with Crippen molar-refractivity contribution in [3.63, 3.8) is 0 Å². The molecule has 4 rings (SSSR count). The lowest BCUT2D eigenvalue weighted by atomic mass is 10.2. The second kappa shape index (κ2) is 6.09. The van der Waals surface area contributed by atoms with Crippen LogP contribution in [-0.4, -0.2) is 36.3 Å². The van der Waals surface area contributed by atoms with Gasteiger partial charge in [0.05, 0.1) is 24.2 Å². The molecule has 0 bridgehead atoms. The summed E-state index contributed by atoms with van der Waals surface area (Å²) in [5, 5.41) is 2.89. The number of H-pyrrole nitrogens is 1. The molecular weight excluding hydrogens is 314 g/mol. The van der Waals surface area contributed by atoms with E-state index in [0.717, 1.165) is 49.1 Å². The fourth-order valence-corrected chi connectivity index (χ4v) is 2.84. The topological polar surface area (TPSA) is 53.2 Å². The van der Waals surface area contributed by atoms with E-state index in [9.17, 15) is 8.78 Å². The van der Waals surface area contributed by atoms with E-state index in [1.807, 2.05) is 18.2 Å². The maximum absolute atomic E-state index is 13.3. The summed E-state index contributed by atoms with van der Waals surface area (Å²) >= 11 is 0. The second-order valence-electron chi connectivity index (χ2n) is 5.67. The Balaban J connectivity index is 1.60. The fraction of sp³-hybridized carbons (Fsp3) is 0.235. The highest BCUT2D eigenvalue weighted by Crippen LogP contribution is 2.24. The standard InChI is InChI=1S/C17H16F2N4O/c18-11-7-12(19)9-13(8-11)20-17-21-15-2-1-14(10-16(15)22-17)23-3-5-24-6-4-23/h1-2,7-10H,3-6H2,(H2,20,21,22). The number of nitrogens with one attached hydrogen (secondary N) is 2. The normalized spacial score (nSPS) is 15.0. The minimum atomic E-state index is -0.636. The summed E-state index contributed by atoms with van der Waals surface area (Å²) in [6.07, 6.45) is 0. The largest absolute Gasteiger partial charge is 0.378 e. The number of anilines is 3. The Hall–Kier alpha value is -2.67. The summed E-state index contributed by atoms with van der Waals surface area (Å²) in [5.41, 5.74) is 3.04. The zero-order valence-electron chi connectivity index (χ0n) is 12.9. The molecule has 5 nitrogen and oxygen atoms in total. The van der Waals surface area contributed by atoms with Gasteiger partial charge in [-0.15, -0.1) is 0 Å². The van der Waals surface area contributed by atoms with E-state index in [0.29, 0.717) is 11.6 Å². The van der Waals surface area contributed by atoms with Gasteiger partial charge in [0.15, 0.2) is 0 Å². The number of nitrogens with zero attached hydrogens (tertiary/aromatic N) is 2. The lowest BCUT2D eigenvalue weighted by molar-refractivity contribution is 0.122. The number of hydrogen-bond donors (Lipinski definition) is 2. The van der Waals surface area contributed by atoms with Gasteiger partial charge < -0.3 is 19.9 Å². The molecule has 0 atom stereocenters. The number of halogens is 2. The Labute approximate surface area is 137 Å². The number of hydrogen-bond acceptors (Lipinski definition) is 4. The van der Waals surface area contributed by atoms with Crippen LogP contribution < -0.4 is 10.2 Å². The number of rotatable bonds is 3. The molecule has 124 valence electrons. The van der Waals surface area contributed by atoms with E-state index in [2.05, 4.69) is 20.2 Å². The van der Waals surface area contributed by atoms with Crippen molar-refractivity contribution in [3.05, 3.63) is 48.0 Å². The van der Waals surface area contributed by atoms with Crippen molar-refractivity contribution in [1.29, 1.82) is 0 Å². The number of ether oxygens (including phenoxy) is 1. The van der Waals surface area contributed by atoms with Crippen LogP contribution in [-0.2, 0) is 4.74 Å². The highest BCUT2D eigenvalue weighted by molar-refractivity contribution is 5.82. The third kappa shape index (κ3) is 3.03. The molecule has 3 aromatic rings. The summed E-state index contributed by atoms with van der Waals surface area (Å²) in [6, 6.07) is 9.22. The van der Waals surface area contributed by atoms with Gasteiger partial charge in [-0.25, -0.2) is 13.8 Å². The molecule has 2 N–H and O–H groups in total. The van der Waals surface area contributed by atoms with Gasteiger partial charge in [-0.2, -0.15) is 0 Å². The first kappa shape index (κ1) is 14.9. The smallest absolute Gasteiger partial charge is 0.205 e. The van der Waals surface area contributed by atoms with E-state index in [1.54, 1.807) is 0 Å². The van der Waals surface area contributed by atoms with Gasteiger partial charge in [-0.3, -0.25) is 0 Å². The fourth-order valence-electron chi connectivity index (χ4n) is 2.84. The van der Waals surface area contributed by atoms with Crippen molar-refractivity contribution in [2.45, 2.75) is 0 Å². The first-order valence-electron chi connectivity index (χ1n) is 7.73. The molecular formula is C17H16F2N4O. The van der Waals surface area contributed by atoms with Crippen LogP contribution in [0.3, 0.4) is 0 Å². The van der Waals surface area contributed by atoms with Gasteiger partial charge in [0.25, 0.3) is 0 Å². The SMILES string of the molecule is Fc1cc(F)cc(Nc2nc3ccc(N4CCOCC4)cc3[nH]2)c1. The third-order valence-corrected chi connectivity index (χ3v) is 3.97. The van der Waals surface area contributed by atoms with Crippen molar-refractivity contribution in [1.82, 2.24) is 9.97 Å². The molecule has 0 aliphatic carbocycles. The minimum Gasteiger partial charge on any atom is -0.378 e. The number of fused-ring (bicyclic) bond motifs is 1. The molecule has 0 unspecified atom stereocenters. The van der Waals surface area contributed by atoms with Crippen molar-refractivity contribution < 1.29 is 13.5 Å². The number of benzene rings is 2. The quantitative estimate of drug-likeness (QED) is 0.773. The van der Waals surface area contributed by atoms with E-state index >= 15 is 0 Å². The van der Waals surface area contributed by atoms with Gasteiger partial charge in [0.1, 0.15) is 11.6 Å². The summed E-state index contributed by atoms with van der Waals surface area (Å²) in [7, 11) is 0. The number of morpholine rings is 1. The lowest BCUT2D eigenvalue weighted by Gasteiger charge is -2.28. The van der Waals surface area contributed by atoms with Crippen LogP contribution in [0.4, 0.5) is 26.1 Å². The number of imidazole rings is 1. The lowest BCUT2D eigenvalue weighted by Crippen LogP contribution is -2.36. The predicted octanol–water partition coefficient (Wildman–Crippen LogP) is 3.42. The molecule has 1 aromatic heterocycles.